The van der Waals surface area contributed by atoms with Gasteiger partial charge in [0.2, 0.25) is 0 Å². The molecule has 0 saturated heterocycles. The van der Waals surface area contributed by atoms with Crippen molar-refractivity contribution in [3.05, 3.63) is 63.9 Å². The molecule has 1 N–H and O–H groups in total. The molecule has 0 aliphatic rings. The second kappa shape index (κ2) is 5.08. The maximum atomic E-state index is 5.97. The van der Waals surface area contributed by atoms with Crippen molar-refractivity contribution in [2.75, 3.05) is 0 Å². The number of H-pyrrole nitrogens is 1. The lowest BCUT2D eigenvalue weighted by molar-refractivity contribution is 1.29. The van der Waals surface area contributed by atoms with Crippen molar-refractivity contribution in [2.24, 2.45) is 0 Å². The number of aromatic amines is 1. The fourth-order valence-electron chi connectivity index (χ4n) is 1.84. The van der Waals surface area contributed by atoms with Crippen molar-refractivity contribution in [1.29, 1.82) is 0 Å². The number of nitrogens with one attached hydrogen (secondary N) is 1. The maximum Gasteiger partial charge on any atom is 0.131 e. The first-order valence-corrected chi connectivity index (χ1v) is 6.56. The molecular formula is C15H10Cl2N2. The number of aromatic nitrogens is 2. The van der Waals surface area contributed by atoms with Gasteiger partial charge in [-0.2, -0.15) is 0 Å². The SMILES string of the molecule is Clc1cc2nc(/C=C/c3ccccc3)[nH]c2cc1Cl. The Morgan fingerprint density at radius 1 is 0.947 bits per heavy atom. The maximum absolute atomic E-state index is 5.97. The minimum Gasteiger partial charge on any atom is -0.338 e. The summed E-state index contributed by atoms with van der Waals surface area (Å²) in [6.07, 6.45) is 3.93. The van der Waals surface area contributed by atoms with Crippen LogP contribution in [0.2, 0.25) is 10.0 Å². The molecule has 2 nitrogen and oxygen atoms in total. The summed E-state index contributed by atoms with van der Waals surface area (Å²) in [5, 5.41) is 1.04. The van der Waals surface area contributed by atoms with Crippen LogP contribution in [0.3, 0.4) is 0 Å². The number of fused-ring (bicyclic) bond motifs is 1. The highest BCUT2D eigenvalue weighted by Crippen LogP contribution is 2.26. The Morgan fingerprint density at radius 2 is 1.68 bits per heavy atom. The normalized spacial score (nSPS) is 11.5. The highest BCUT2D eigenvalue weighted by molar-refractivity contribution is 6.42. The summed E-state index contributed by atoms with van der Waals surface area (Å²) < 4.78 is 0. The minimum atomic E-state index is 0.513. The molecule has 0 unspecified atom stereocenters. The van der Waals surface area contributed by atoms with Gasteiger partial charge in [-0.1, -0.05) is 59.6 Å². The van der Waals surface area contributed by atoms with Gasteiger partial charge in [0.25, 0.3) is 0 Å². The number of rotatable bonds is 2. The van der Waals surface area contributed by atoms with Gasteiger partial charge in [0.1, 0.15) is 5.82 Å². The van der Waals surface area contributed by atoms with E-state index in [0.717, 1.165) is 22.4 Å². The molecule has 0 radical (unpaired) electrons. The fraction of sp³-hybridized carbons (Fsp3) is 0. The second-order valence-electron chi connectivity index (χ2n) is 4.15. The lowest BCUT2D eigenvalue weighted by Crippen LogP contribution is -1.74. The standard InChI is InChI=1S/C15H10Cl2N2/c16-11-8-13-14(9-12(11)17)19-15(18-13)7-6-10-4-2-1-3-5-10/h1-9H,(H,18,19)/b7-6+. The van der Waals surface area contributed by atoms with Crippen LogP contribution >= 0.6 is 23.2 Å². The second-order valence-corrected chi connectivity index (χ2v) is 4.96. The van der Waals surface area contributed by atoms with Gasteiger partial charge in [0.15, 0.2) is 0 Å². The Labute approximate surface area is 120 Å². The van der Waals surface area contributed by atoms with Crippen LogP contribution in [-0.2, 0) is 0 Å². The highest BCUT2D eigenvalue weighted by Gasteiger charge is 2.04. The predicted octanol–water partition coefficient (Wildman–Crippen LogP) is 5.04. The Bertz CT molecular complexity index is 706. The molecular weight excluding hydrogens is 279 g/mol. The van der Waals surface area contributed by atoms with Gasteiger partial charge in [-0.15, -0.1) is 0 Å². The number of hydrogen-bond acceptors (Lipinski definition) is 1. The van der Waals surface area contributed by atoms with Crippen LogP contribution in [-0.4, -0.2) is 9.97 Å². The van der Waals surface area contributed by atoms with E-state index < -0.39 is 0 Å². The monoisotopic (exact) mass is 288 g/mol. The largest absolute Gasteiger partial charge is 0.338 e. The highest BCUT2D eigenvalue weighted by atomic mass is 35.5. The average molecular weight is 289 g/mol. The first-order valence-electron chi connectivity index (χ1n) is 5.80. The van der Waals surface area contributed by atoms with E-state index in [2.05, 4.69) is 9.97 Å². The Hall–Kier alpha value is -1.77. The van der Waals surface area contributed by atoms with E-state index in [1.807, 2.05) is 42.5 Å². The fourth-order valence-corrected chi connectivity index (χ4v) is 2.16. The molecule has 4 heteroatoms. The lowest BCUT2D eigenvalue weighted by atomic mass is 10.2. The van der Waals surface area contributed by atoms with E-state index in [1.165, 1.54) is 0 Å². The molecule has 3 aromatic rings. The van der Waals surface area contributed by atoms with Crippen LogP contribution in [0.4, 0.5) is 0 Å². The molecule has 0 fully saturated rings. The summed E-state index contributed by atoms with van der Waals surface area (Å²) in [5.74, 6) is 0.775. The summed E-state index contributed by atoms with van der Waals surface area (Å²) in [6, 6.07) is 13.6. The Balaban J connectivity index is 1.96. The number of imidazole rings is 1. The molecule has 0 spiro atoms. The quantitative estimate of drug-likeness (QED) is 0.703. The molecule has 0 aliphatic carbocycles. The van der Waals surface area contributed by atoms with E-state index >= 15 is 0 Å². The molecule has 0 atom stereocenters. The van der Waals surface area contributed by atoms with E-state index in [-0.39, 0.29) is 0 Å². The summed E-state index contributed by atoms with van der Waals surface area (Å²) in [4.78, 5) is 7.64. The zero-order valence-electron chi connectivity index (χ0n) is 9.90. The molecule has 2 aromatic carbocycles. The van der Waals surface area contributed by atoms with Gasteiger partial charge >= 0.3 is 0 Å². The third-order valence-corrected chi connectivity index (χ3v) is 3.50. The van der Waals surface area contributed by atoms with Crippen molar-refractivity contribution in [2.45, 2.75) is 0 Å². The van der Waals surface area contributed by atoms with E-state index in [1.54, 1.807) is 12.1 Å². The third-order valence-electron chi connectivity index (χ3n) is 2.78. The molecule has 0 bridgehead atoms. The van der Waals surface area contributed by atoms with Gasteiger partial charge in [0.05, 0.1) is 21.1 Å². The van der Waals surface area contributed by atoms with Gasteiger partial charge in [-0.3, -0.25) is 0 Å². The summed E-state index contributed by atoms with van der Waals surface area (Å²) in [5.41, 5.74) is 2.81. The summed E-state index contributed by atoms with van der Waals surface area (Å²) >= 11 is 11.9. The molecule has 0 saturated carbocycles. The number of nitrogens with zero attached hydrogens (tertiary/aromatic N) is 1. The molecule has 1 aromatic heterocycles. The van der Waals surface area contributed by atoms with E-state index in [4.69, 9.17) is 23.2 Å². The van der Waals surface area contributed by atoms with E-state index in [0.29, 0.717) is 10.0 Å². The lowest BCUT2D eigenvalue weighted by Gasteiger charge is -1.93. The number of halogens is 2. The van der Waals surface area contributed by atoms with Crippen molar-refractivity contribution in [3.8, 4) is 0 Å². The zero-order chi connectivity index (χ0) is 13.2. The topological polar surface area (TPSA) is 28.7 Å². The van der Waals surface area contributed by atoms with Gasteiger partial charge < -0.3 is 4.98 Å². The van der Waals surface area contributed by atoms with Crippen LogP contribution in [0.1, 0.15) is 11.4 Å². The molecule has 0 aliphatic heterocycles. The van der Waals surface area contributed by atoms with Crippen LogP contribution in [0, 0.1) is 0 Å². The molecule has 0 amide bonds. The number of hydrogen-bond donors (Lipinski definition) is 1. The van der Waals surface area contributed by atoms with Crippen LogP contribution in [0.15, 0.2) is 42.5 Å². The first-order chi connectivity index (χ1) is 9.22. The van der Waals surface area contributed by atoms with Crippen molar-refractivity contribution in [3.63, 3.8) is 0 Å². The summed E-state index contributed by atoms with van der Waals surface area (Å²) in [6.45, 7) is 0. The Morgan fingerprint density at radius 3 is 2.47 bits per heavy atom. The van der Waals surface area contributed by atoms with Crippen LogP contribution < -0.4 is 0 Å². The summed E-state index contributed by atoms with van der Waals surface area (Å²) in [7, 11) is 0. The van der Waals surface area contributed by atoms with Crippen LogP contribution in [0.25, 0.3) is 23.2 Å². The van der Waals surface area contributed by atoms with Gasteiger partial charge in [-0.05, 0) is 23.8 Å². The van der Waals surface area contributed by atoms with Crippen molar-refractivity contribution in [1.82, 2.24) is 9.97 Å². The molecule has 1 heterocycles. The smallest absolute Gasteiger partial charge is 0.131 e. The predicted molar refractivity (Wildman–Crippen MR) is 81.5 cm³/mol. The molecule has 19 heavy (non-hydrogen) atoms. The molecule has 3 rings (SSSR count). The zero-order valence-corrected chi connectivity index (χ0v) is 11.4. The van der Waals surface area contributed by atoms with Gasteiger partial charge in [-0.25, -0.2) is 4.98 Å². The van der Waals surface area contributed by atoms with Crippen molar-refractivity contribution >= 4 is 46.4 Å². The number of benzene rings is 2. The molecule has 94 valence electrons. The minimum absolute atomic E-state index is 0.513. The third kappa shape index (κ3) is 2.65. The van der Waals surface area contributed by atoms with E-state index in [9.17, 15) is 0 Å². The van der Waals surface area contributed by atoms with Crippen molar-refractivity contribution < 1.29 is 0 Å². The Kier molecular flexibility index (Phi) is 3.28. The van der Waals surface area contributed by atoms with Crippen LogP contribution in [0.5, 0.6) is 0 Å². The first kappa shape index (κ1) is 12.3. The average Bonchev–Trinajstić information content (AvgIpc) is 2.80. The van der Waals surface area contributed by atoms with Gasteiger partial charge in [0, 0.05) is 0 Å².